The van der Waals surface area contributed by atoms with E-state index in [0.717, 1.165) is 55.0 Å². The molecule has 3 rings (SSSR count). The second-order valence-electron chi connectivity index (χ2n) is 7.02. The molecule has 0 spiro atoms. The Morgan fingerprint density at radius 3 is 2.64 bits per heavy atom. The monoisotopic (exact) mass is 343 g/mol. The highest BCUT2D eigenvalue weighted by atomic mass is 19.1. The van der Waals surface area contributed by atoms with Crippen LogP contribution in [0.1, 0.15) is 40.2 Å². The number of hydrogen-bond acceptors (Lipinski definition) is 2. The first-order chi connectivity index (χ1) is 11.9. The summed E-state index contributed by atoms with van der Waals surface area (Å²) in [6, 6.07) is 8.75. The van der Waals surface area contributed by atoms with E-state index in [1.54, 1.807) is 0 Å². The van der Waals surface area contributed by atoms with Gasteiger partial charge in [-0.15, -0.1) is 0 Å². The van der Waals surface area contributed by atoms with Gasteiger partial charge in [0.1, 0.15) is 5.82 Å². The quantitative estimate of drug-likeness (QED) is 0.926. The molecule has 2 heterocycles. The number of halogens is 1. The highest BCUT2D eigenvalue weighted by Crippen LogP contribution is 2.17. The summed E-state index contributed by atoms with van der Waals surface area (Å²) in [7, 11) is 1.98. The molecule has 0 bridgehead atoms. The van der Waals surface area contributed by atoms with Gasteiger partial charge in [0.2, 0.25) is 0 Å². The third kappa shape index (κ3) is 4.10. The zero-order valence-corrected chi connectivity index (χ0v) is 15.2. The fraction of sp³-hybridized carbons (Fsp3) is 0.450. The van der Waals surface area contributed by atoms with Gasteiger partial charge in [0.25, 0.3) is 5.91 Å². The van der Waals surface area contributed by atoms with Crippen molar-refractivity contribution in [1.29, 1.82) is 0 Å². The zero-order valence-electron chi connectivity index (χ0n) is 15.2. The highest BCUT2D eigenvalue weighted by Gasteiger charge is 2.23. The molecule has 1 unspecified atom stereocenters. The molecule has 5 heteroatoms. The lowest BCUT2D eigenvalue weighted by Gasteiger charge is -2.33. The van der Waals surface area contributed by atoms with Crippen molar-refractivity contribution in [2.45, 2.75) is 39.3 Å². The van der Waals surface area contributed by atoms with Crippen LogP contribution in [0.4, 0.5) is 4.39 Å². The number of carbonyl (C=O) groups is 1. The first-order valence-corrected chi connectivity index (χ1v) is 8.84. The Labute approximate surface area is 148 Å². The highest BCUT2D eigenvalue weighted by molar-refractivity contribution is 5.95. The number of aromatic nitrogens is 1. The van der Waals surface area contributed by atoms with Crippen molar-refractivity contribution in [2.24, 2.45) is 7.05 Å². The lowest BCUT2D eigenvalue weighted by atomic mass is 10.0. The van der Waals surface area contributed by atoms with Crippen molar-refractivity contribution in [1.82, 2.24) is 14.8 Å². The van der Waals surface area contributed by atoms with Crippen LogP contribution in [-0.4, -0.2) is 34.5 Å². The summed E-state index contributed by atoms with van der Waals surface area (Å²) in [5.41, 5.74) is 3.94. The standard InChI is InChI=1S/C20H26FN3O/c1-14-11-19(15(2)23(14)3)20(25)22-18-5-4-10-24(13-18)12-16-6-8-17(21)9-7-16/h6-9,11,18H,4-5,10,12-13H2,1-3H3,(H,22,25). The maximum atomic E-state index is 13.0. The molecule has 134 valence electrons. The van der Waals surface area contributed by atoms with Crippen LogP contribution in [0.5, 0.6) is 0 Å². The number of hydrogen-bond donors (Lipinski definition) is 1. The van der Waals surface area contributed by atoms with Crippen LogP contribution in [0, 0.1) is 19.7 Å². The van der Waals surface area contributed by atoms with E-state index in [4.69, 9.17) is 0 Å². The zero-order chi connectivity index (χ0) is 18.0. The summed E-state index contributed by atoms with van der Waals surface area (Å²) in [4.78, 5) is 14.9. The number of rotatable bonds is 4. The first kappa shape index (κ1) is 17.7. The Balaban J connectivity index is 1.60. The van der Waals surface area contributed by atoms with Gasteiger partial charge in [0, 0.05) is 37.6 Å². The maximum absolute atomic E-state index is 13.0. The Hall–Kier alpha value is -2.14. The molecule has 1 N–H and O–H groups in total. The second kappa shape index (κ2) is 7.40. The predicted octanol–water partition coefficient (Wildman–Crippen LogP) is 3.18. The number of benzene rings is 1. The van der Waals surface area contributed by atoms with Crippen LogP contribution in [-0.2, 0) is 13.6 Å². The minimum absolute atomic E-state index is 0.00910. The van der Waals surface area contributed by atoms with Crippen LogP contribution in [0.25, 0.3) is 0 Å². The fourth-order valence-corrected chi connectivity index (χ4v) is 3.51. The Morgan fingerprint density at radius 1 is 1.28 bits per heavy atom. The SMILES string of the molecule is Cc1cc(C(=O)NC2CCCN(Cc3ccc(F)cc3)C2)c(C)n1C. The van der Waals surface area contributed by atoms with Crippen LogP contribution in [0.15, 0.2) is 30.3 Å². The van der Waals surface area contributed by atoms with Gasteiger partial charge >= 0.3 is 0 Å². The molecule has 0 aliphatic carbocycles. The van der Waals surface area contributed by atoms with Crippen molar-refractivity contribution in [3.05, 3.63) is 58.7 Å². The topological polar surface area (TPSA) is 37.3 Å². The van der Waals surface area contributed by atoms with Gasteiger partial charge in [-0.2, -0.15) is 0 Å². The normalized spacial score (nSPS) is 18.3. The lowest BCUT2D eigenvalue weighted by molar-refractivity contribution is 0.0900. The van der Waals surface area contributed by atoms with E-state index in [9.17, 15) is 9.18 Å². The molecule has 0 radical (unpaired) electrons. The average Bonchev–Trinajstić information content (AvgIpc) is 2.85. The average molecular weight is 343 g/mol. The summed E-state index contributed by atoms with van der Waals surface area (Å²) in [6.07, 6.45) is 2.05. The number of amides is 1. The second-order valence-corrected chi connectivity index (χ2v) is 7.02. The molecule has 1 atom stereocenters. The maximum Gasteiger partial charge on any atom is 0.253 e. The minimum Gasteiger partial charge on any atom is -0.351 e. The fourth-order valence-electron chi connectivity index (χ4n) is 3.51. The molecule has 0 saturated carbocycles. The van der Waals surface area contributed by atoms with Crippen LogP contribution in [0.2, 0.25) is 0 Å². The molecular formula is C20H26FN3O. The first-order valence-electron chi connectivity index (χ1n) is 8.84. The number of aryl methyl sites for hydroxylation is 1. The summed E-state index contributed by atoms with van der Waals surface area (Å²) >= 11 is 0. The summed E-state index contributed by atoms with van der Waals surface area (Å²) in [6.45, 7) is 6.61. The Morgan fingerprint density at radius 2 is 2.00 bits per heavy atom. The van der Waals surface area contributed by atoms with Gasteiger partial charge in [-0.1, -0.05) is 12.1 Å². The van der Waals surface area contributed by atoms with Gasteiger partial charge in [0.15, 0.2) is 0 Å². The predicted molar refractivity (Wildman–Crippen MR) is 97.1 cm³/mol. The van der Waals surface area contributed by atoms with Gasteiger partial charge in [-0.05, 0) is 57.0 Å². The lowest BCUT2D eigenvalue weighted by Crippen LogP contribution is -2.47. The van der Waals surface area contributed by atoms with E-state index in [2.05, 4.69) is 10.2 Å². The third-order valence-corrected chi connectivity index (χ3v) is 5.18. The number of nitrogens with one attached hydrogen (secondary N) is 1. The van der Waals surface area contributed by atoms with Crippen LogP contribution in [0.3, 0.4) is 0 Å². The largest absolute Gasteiger partial charge is 0.351 e. The molecule has 2 aromatic rings. The van der Waals surface area contributed by atoms with E-state index in [0.29, 0.717) is 0 Å². The molecule has 1 fully saturated rings. The van der Waals surface area contributed by atoms with Crippen LogP contribution < -0.4 is 5.32 Å². The molecular weight excluding hydrogens is 317 g/mol. The van der Waals surface area contributed by atoms with E-state index >= 15 is 0 Å². The van der Waals surface area contributed by atoms with Crippen molar-refractivity contribution in [2.75, 3.05) is 13.1 Å². The van der Waals surface area contributed by atoms with Gasteiger partial charge in [-0.25, -0.2) is 4.39 Å². The van der Waals surface area contributed by atoms with Gasteiger partial charge < -0.3 is 9.88 Å². The van der Waals surface area contributed by atoms with E-state index in [1.807, 2.05) is 43.7 Å². The van der Waals surface area contributed by atoms with Crippen molar-refractivity contribution in [3.8, 4) is 0 Å². The minimum atomic E-state index is -0.207. The Kier molecular flexibility index (Phi) is 5.23. The number of nitrogens with zero attached hydrogens (tertiary/aromatic N) is 2. The smallest absolute Gasteiger partial charge is 0.253 e. The molecule has 1 aliphatic rings. The van der Waals surface area contributed by atoms with Gasteiger partial charge in [0.05, 0.1) is 5.56 Å². The van der Waals surface area contributed by atoms with Crippen molar-refractivity contribution in [3.63, 3.8) is 0 Å². The molecule has 4 nitrogen and oxygen atoms in total. The van der Waals surface area contributed by atoms with Crippen LogP contribution >= 0.6 is 0 Å². The van der Waals surface area contributed by atoms with Crippen molar-refractivity contribution < 1.29 is 9.18 Å². The summed E-state index contributed by atoms with van der Waals surface area (Å²) in [5, 5.41) is 3.19. The molecule has 1 aromatic heterocycles. The summed E-state index contributed by atoms with van der Waals surface area (Å²) in [5.74, 6) is -0.198. The number of likely N-dealkylation sites (tertiary alicyclic amines) is 1. The van der Waals surface area contributed by atoms with E-state index in [1.165, 1.54) is 12.1 Å². The molecule has 1 saturated heterocycles. The van der Waals surface area contributed by atoms with Gasteiger partial charge in [-0.3, -0.25) is 9.69 Å². The summed E-state index contributed by atoms with van der Waals surface area (Å²) < 4.78 is 15.1. The molecule has 1 aromatic carbocycles. The molecule has 1 amide bonds. The molecule has 1 aliphatic heterocycles. The third-order valence-electron chi connectivity index (χ3n) is 5.18. The van der Waals surface area contributed by atoms with E-state index in [-0.39, 0.29) is 17.8 Å². The van der Waals surface area contributed by atoms with Crippen molar-refractivity contribution >= 4 is 5.91 Å². The number of carbonyl (C=O) groups excluding carboxylic acids is 1. The van der Waals surface area contributed by atoms with E-state index < -0.39 is 0 Å². The Bertz CT molecular complexity index is 751. The molecule has 25 heavy (non-hydrogen) atoms. The number of piperidine rings is 1.